The molecule has 6 nitrogen and oxygen atoms in total. The van der Waals surface area contributed by atoms with Crippen LogP contribution in [0.5, 0.6) is 0 Å². The van der Waals surface area contributed by atoms with Gasteiger partial charge in [0.2, 0.25) is 0 Å². The Morgan fingerprint density at radius 2 is 2.21 bits per heavy atom. The first-order valence-electron chi connectivity index (χ1n) is 6.33. The Morgan fingerprint density at radius 3 is 2.79 bits per heavy atom. The first-order valence-corrected chi connectivity index (χ1v) is 8.58. The number of rotatable bonds is 4. The predicted octanol–water partition coefficient (Wildman–Crippen LogP) is 0.507. The number of aryl methyl sites for hydroxylation is 1. The smallest absolute Gasteiger partial charge is 0.305 e. The second-order valence-corrected chi connectivity index (χ2v) is 7.82. The van der Waals surface area contributed by atoms with Crippen LogP contribution in [0.1, 0.15) is 25.0 Å². The van der Waals surface area contributed by atoms with Crippen molar-refractivity contribution < 1.29 is 8.42 Å². The molecule has 1 fully saturated rings. The lowest BCUT2D eigenvalue weighted by molar-refractivity contribution is 0.249. The summed E-state index contributed by atoms with van der Waals surface area (Å²) >= 11 is 0.774. The molecule has 108 valence electrons. The third-order valence-corrected chi connectivity index (χ3v) is 6.87. The number of hydrogen-bond acceptors (Lipinski definition) is 5. The van der Waals surface area contributed by atoms with Crippen molar-refractivity contribution in [3.63, 3.8) is 0 Å². The van der Waals surface area contributed by atoms with Crippen LogP contribution < -0.4 is 10.2 Å². The maximum absolute atomic E-state index is 12.7. The van der Waals surface area contributed by atoms with Crippen LogP contribution in [-0.2, 0) is 10.0 Å². The van der Waals surface area contributed by atoms with E-state index < -0.39 is 10.0 Å². The largest absolute Gasteiger partial charge is 0.318 e. The Balaban J connectivity index is 2.37. The summed E-state index contributed by atoms with van der Waals surface area (Å²) in [6.45, 7) is 2.79. The van der Waals surface area contributed by atoms with Crippen molar-refractivity contribution in [1.29, 1.82) is 0 Å². The Labute approximate surface area is 116 Å². The highest BCUT2D eigenvalue weighted by Gasteiger charge is 2.35. The average molecular weight is 305 g/mol. The number of sulfonamides is 1. The molecule has 1 aliphatic rings. The van der Waals surface area contributed by atoms with Crippen molar-refractivity contribution in [3.05, 3.63) is 15.4 Å². The summed E-state index contributed by atoms with van der Waals surface area (Å²) < 4.78 is 27.0. The van der Waals surface area contributed by atoms with E-state index in [0.29, 0.717) is 18.8 Å². The minimum Gasteiger partial charge on any atom is -0.318 e. The van der Waals surface area contributed by atoms with Gasteiger partial charge in [-0.25, -0.2) is 8.42 Å². The van der Waals surface area contributed by atoms with Gasteiger partial charge in [-0.15, -0.1) is 0 Å². The maximum Gasteiger partial charge on any atom is 0.305 e. The minimum absolute atomic E-state index is 0.0275. The molecule has 1 aromatic heterocycles. The molecule has 2 rings (SSSR count). The zero-order valence-corrected chi connectivity index (χ0v) is 12.7. The van der Waals surface area contributed by atoms with Crippen LogP contribution in [-0.4, -0.2) is 43.9 Å². The summed E-state index contributed by atoms with van der Waals surface area (Å²) in [5.74, 6) is 0. The van der Waals surface area contributed by atoms with E-state index in [-0.39, 0.29) is 15.1 Å². The van der Waals surface area contributed by atoms with Crippen LogP contribution in [0.3, 0.4) is 0 Å². The van der Waals surface area contributed by atoms with Gasteiger partial charge in [0.15, 0.2) is 4.21 Å². The highest BCUT2D eigenvalue weighted by molar-refractivity contribution is 7.91. The molecular weight excluding hydrogens is 286 g/mol. The van der Waals surface area contributed by atoms with Gasteiger partial charge in [0.25, 0.3) is 10.0 Å². The summed E-state index contributed by atoms with van der Waals surface area (Å²) in [5.41, 5.74) is 0.434. The van der Waals surface area contributed by atoms with E-state index in [1.165, 1.54) is 0 Å². The third kappa shape index (κ3) is 2.91. The summed E-state index contributed by atoms with van der Waals surface area (Å²) in [7, 11) is -1.74. The van der Waals surface area contributed by atoms with Crippen molar-refractivity contribution in [2.24, 2.45) is 0 Å². The molecular formula is C11H19N3O3S2. The lowest BCUT2D eigenvalue weighted by atomic mass is 10.1. The molecule has 0 spiro atoms. The number of piperidine rings is 1. The van der Waals surface area contributed by atoms with E-state index in [9.17, 15) is 13.2 Å². The lowest BCUT2D eigenvalue weighted by Gasteiger charge is -2.34. The summed E-state index contributed by atoms with van der Waals surface area (Å²) in [4.78, 5) is 13.5. The fraction of sp³-hybridized carbons (Fsp3) is 0.727. The Hall–Kier alpha value is -0.700. The number of aromatic nitrogens is 1. The molecule has 8 heteroatoms. The molecule has 0 aliphatic carbocycles. The third-order valence-electron chi connectivity index (χ3n) is 3.34. The number of nitrogens with one attached hydrogen (secondary N) is 2. The predicted molar refractivity (Wildman–Crippen MR) is 75.1 cm³/mol. The topological polar surface area (TPSA) is 82.3 Å². The number of nitrogens with zero attached hydrogens (tertiary/aromatic N) is 1. The van der Waals surface area contributed by atoms with Gasteiger partial charge in [-0.1, -0.05) is 17.8 Å². The first kappa shape index (κ1) is 14.7. The van der Waals surface area contributed by atoms with Crippen LogP contribution in [0.25, 0.3) is 0 Å². The maximum atomic E-state index is 12.7. The standard InChI is InChI=1S/C11H19N3O3S2/c1-8-10(18-11(15)13-8)19(16,17)14-6-4-3-5-9(14)7-12-2/h9,12H,3-7H2,1-2H3,(H,13,15). The van der Waals surface area contributed by atoms with Crippen LogP contribution >= 0.6 is 11.3 Å². The molecule has 1 aromatic rings. The molecule has 1 atom stereocenters. The van der Waals surface area contributed by atoms with Crippen molar-refractivity contribution in [2.75, 3.05) is 20.1 Å². The van der Waals surface area contributed by atoms with Gasteiger partial charge in [0.05, 0.1) is 0 Å². The molecule has 0 bridgehead atoms. The van der Waals surface area contributed by atoms with Gasteiger partial charge >= 0.3 is 4.87 Å². The van der Waals surface area contributed by atoms with Crippen LogP contribution in [0.2, 0.25) is 0 Å². The summed E-state index contributed by atoms with van der Waals surface area (Å²) in [6, 6.07) is -0.0275. The Morgan fingerprint density at radius 1 is 1.47 bits per heavy atom. The van der Waals surface area contributed by atoms with Gasteiger partial charge in [-0.05, 0) is 26.8 Å². The summed E-state index contributed by atoms with van der Waals surface area (Å²) in [6.07, 6.45) is 2.77. The fourth-order valence-corrected chi connectivity index (χ4v) is 5.58. The van der Waals surface area contributed by atoms with E-state index >= 15 is 0 Å². The molecule has 1 saturated heterocycles. The number of hydrogen-bond donors (Lipinski definition) is 2. The molecule has 1 unspecified atom stereocenters. The Bertz CT molecular complexity index is 589. The molecule has 0 saturated carbocycles. The number of aromatic amines is 1. The van der Waals surface area contributed by atoms with Gasteiger partial charge in [-0.3, -0.25) is 4.79 Å². The molecule has 2 N–H and O–H groups in total. The van der Waals surface area contributed by atoms with Crippen LogP contribution in [0.15, 0.2) is 9.00 Å². The number of thiazole rings is 1. The molecule has 0 aromatic carbocycles. The molecule has 0 amide bonds. The van der Waals surface area contributed by atoms with Gasteiger partial charge < -0.3 is 10.3 Å². The molecule has 19 heavy (non-hydrogen) atoms. The fourth-order valence-electron chi connectivity index (χ4n) is 2.47. The number of likely N-dealkylation sites (N-methyl/N-ethyl adjacent to an activating group) is 1. The van der Waals surface area contributed by atoms with E-state index in [4.69, 9.17) is 0 Å². The van der Waals surface area contributed by atoms with Gasteiger partial charge in [-0.2, -0.15) is 4.31 Å². The molecule has 2 heterocycles. The summed E-state index contributed by atoms with van der Waals surface area (Å²) in [5, 5.41) is 3.04. The highest BCUT2D eigenvalue weighted by Crippen LogP contribution is 2.27. The second kappa shape index (κ2) is 5.74. The van der Waals surface area contributed by atoms with E-state index in [2.05, 4.69) is 10.3 Å². The monoisotopic (exact) mass is 305 g/mol. The van der Waals surface area contributed by atoms with Crippen LogP contribution in [0, 0.1) is 6.92 Å². The van der Waals surface area contributed by atoms with Crippen molar-refractivity contribution in [3.8, 4) is 0 Å². The van der Waals surface area contributed by atoms with Crippen molar-refractivity contribution in [1.82, 2.24) is 14.6 Å². The van der Waals surface area contributed by atoms with E-state index in [1.54, 1.807) is 11.2 Å². The first-order chi connectivity index (χ1) is 8.96. The quantitative estimate of drug-likeness (QED) is 0.849. The highest BCUT2D eigenvalue weighted by atomic mass is 32.2. The molecule has 0 radical (unpaired) electrons. The second-order valence-electron chi connectivity index (χ2n) is 4.75. The zero-order chi connectivity index (χ0) is 14.0. The van der Waals surface area contributed by atoms with Gasteiger partial charge in [0, 0.05) is 24.8 Å². The zero-order valence-electron chi connectivity index (χ0n) is 11.1. The van der Waals surface area contributed by atoms with Gasteiger partial charge in [0.1, 0.15) is 0 Å². The minimum atomic E-state index is -3.56. The molecule has 1 aliphatic heterocycles. The normalized spacial score (nSPS) is 21.7. The lowest BCUT2D eigenvalue weighted by Crippen LogP contribution is -2.47. The van der Waals surface area contributed by atoms with Crippen molar-refractivity contribution in [2.45, 2.75) is 36.4 Å². The SMILES string of the molecule is CNCC1CCCCN1S(=O)(=O)c1sc(=O)[nH]c1C. The number of H-pyrrole nitrogens is 1. The van der Waals surface area contributed by atoms with Crippen LogP contribution in [0.4, 0.5) is 0 Å². The van der Waals surface area contributed by atoms with E-state index in [0.717, 1.165) is 30.6 Å². The van der Waals surface area contributed by atoms with E-state index in [1.807, 2.05) is 7.05 Å². The Kier molecular flexibility index (Phi) is 4.44. The average Bonchev–Trinajstić information content (AvgIpc) is 2.70. The van der Waals surface area contributed by atoms with Crippen molar-refractivity contribution >= 4 is 21.4 Å².